The van der Waals surface area contributed by atoms with E-state index in [-0.39, 0.29) is 11.9 Å². The van der Waals surface area contributed by atoms with Crippen LogP contribution in [0.15, 0.2) is 6.07 Å². The minimum atomic E-state index is -0.131. The molecule has 2 aliphatic carbocycles. The lowest BCUT2D eigenvalue weighted by molar-refractivity contribution is -0.131. The molecule has 0 radical (unpaired) electrons. The first-order valence-corrected chi connectivity index (χ1v) is 13.2. The summed E-state index contributed by atoms with van der Waals surface area (Å²) in [5, 5.41) is 11.4. The van der Waals surface area contributed by atoms with E-state index in [1.807, 2.05) is 4.90 Å². The number of carbonyl (C=O) groups excluding carboxylic acids is 1. The molecule has 2 saturated heterocycles. The first-order chi connectivity index (χ1) is 16.5. The number of nitrogens with one attached hydrogen (secondary N) is 2. The molecule has 0 spiro atoms. The molecule has 2 N–H and O–H groups in total. The van der Waals surface area contributed by atoms with Gasteiger partial charge in [0.25, 0.3) is 0 Å². The standard InChI is InChI=1S/C26H37N7O/c1-26(2)11-10-17(16-26)20-15-22(31-30-20)28-23-18-7-5-8-19(18)27-25(29-23)33-14-6-9-21(33)24(34)32-12-3-4-13-32/h15,17,21H,3-14,16H2,1-2H3,(H2,27,28,29,30,31)/t17-,21+/m0/s1. The van der Waals surface area contributed by atoms with Crippen molar-refractivity contribution in [2.45, 2.75) is 90.0 Å². The maximum Gasteiger partial charge on any atom is 0.245 e. The zero-order valence-corrected chi connectivity index (χ0v) is 20.6. The van der Waals surface area contributed by atoms with E-state index in [1.54, 1.807) is 0 Å². The minimum absolute atomic E-state index is 0.131. The second-order valence-corrected chi connectivity index (χ2v) is 11.5. The van der Waals surface area contributed by atoms with E-state index in [0.717, 1.165) is 81.9 Å². The number of rotatable bonds is 5. The van der Waals surface area contributed by atoms with Gasteiger partial charge in [-0.25, -0.2) is 4.98 Å². The number of aryl methyl sites for hydroxylation is 1. The van der Waals surface area contributed by atoms with Gasteiger partial charge in [0.15, 0.2) is 5.82 Å². The number of anilines is 3. The van der Waals surface area contributed by atoms with Crippen LogP contribution in [0.5, 0.6) is 0 Å². The number of aromatic amines is 1. The Bertz CT molecular complexity index is 1070. The quantitative estimate of drug-likeness (QED) is 0.687. The summed E-state index contributed by atoms with van der Waals surface area (Å²) in [6.45, 7) is 7.33. The average molecular weight is 464 g/mol. The van der Waals surface area contributed by atoms with Crippen LogP contribution in [0.1, 0.15) is 88.1 Å². The fourth-order valence-corrected chi connectivity index (χ4v) is 6.50. The van der Waals surface area contributed by atoms with Crippen LogP contribution >= 0.6 is 0 Å². The lowest BCUT2D eigenvalue weighted by Crippen LogP contribution is -2.45. The normalized spacial score (nSPS) is 25.8. The average Bonchev–Trinajstić information content (AvgIpc) is 3.63. The molecule has 0 unspecified atom stereocenters. The summed E-state index contributed by atoms with van der Waals surface area (Å²) in [4.78, 5) is 27.3. The second kappa shape index (κ2) is 8.54. The monoisotopic (exact) mass is 463 g/mol. The molecule has 34 heavy (non-hydrogen) atoms. The lowest BCUT2D eigenvalue weighted by atomic mass is 9.90. The van der Waals surface area contributed by atoms with Crippen LogP contribution in [0.25, 0.3) is 0 Å². The molecule has 3 fully saturated rings. The molecule has 2 aromatic heterocycles. The number of aromatic nitrogens is 4. The third-order valence-corrected chi connectivity index (χ3v) is 8.39. The largest absolute Gasteiger partial charge is 0.341 e. The molecule has 2 atom stereocenters. The fraction of sp³-hybridized carbons (Fsp3) is 0.692. The Kier molecular flexibility index (Phi) is 5.49. The van der Waals surface area contributed by atoms with Crippen LogP contribution < -0.4 is 10.2 Å². The van der Waals surface area contributed by atoms with E-state index in [9.17, 15) is 4.79 Å². The number of hydrogen-bond acceptors (Lipinski definition) is 6. The van der Waals surface area contributed by atoms with Gasteiger partial charge in [-0.3, -0.25) is 9.89 Å². The molecule has 2 aromatic rings. The van der Waals surface area contributed by atoms with Crippen molar-refractivity contribution in [3.8, 4) is 0 Å². The molecule has 182 valence electrons. The Hall–Kier alpha value is -2.64. The molecular weight excluding hydrogens is 426 g/mol. The molecular formula is C26H37N7O. The van der Waals surface area contributed by atoms with Gasteiger partial charge in [0.2, 0.25) is 11.9 Å². The van der Waals surface area contributed by atoms with Crippen molar-refractivity contribution in [1.29, 1.82) is 0 Å². The Morgan fingerprint density at radius 2 is 1.94 bits per heavy atom. The summed E-state index contributed by atoms with van der Waals surface area (Å²) < 4.78 is 0. The highest BCUT2D eigenvalue weighted by molar-refractivity contribution is 5.85. The number of carbonyl (C=O) groups is 1. The van der Waals surface area contributed by atoms with Gasteiger partial charge < -0.3 is 15.1 Å². The van der Waals surface area contributed by atoms with Gasteiger partial charge in [-0.1, -0.05) is 13.8 Å². The Labute approximate surface area is 201 Å². The highest BCUT2D eigenvalue weighted by Gasteiger charge is 2.37. The first-order valence-electron chi connectivity index (χ1n) is 13.2. The van der Waals surface area contributed by atoms with Crippen molar-refractivity contribution in [3.05, 3.63) is 23.0 Å². The number of hydrogen-bond donors (Lipinski definition) is 2. The zero-order valence-electron chi connectivity index (χ0n) is 20.6. The van der Waals surface area contributed by atoms with E-state index in [2.05, 4.69) is 40.3 Å². The summed E-state index contributed by atoms with van der Waals surface area (Å²) in [6.07, 6.45) is 10.9. The fourth-order valence-electron chi connectivity index (χ4n) is 6.50. The van der Waals surface area contributed by atoms with Crippen molar-refractivity contribution in [3.63, 3.8) is 0 Å². The summed E-state index contributed by atoms with van der Waals surface area (Å²) in [7, 11) is 0. The van der Waals surface area contributed by atoms with Crippen molar-refractivity contribution in [2.75, 3.05) is 29.9 Å². The minimum Gasteiger partial charge on any atom is -0.341 e. The van der Waals surface area contributed by atoms with E-state index >= 15 is 0 Å². The number of fused-ring (bicyclic) bond motifs is 1. The van der Waals surface area contributed by atoms with Gasteiger partial charge in [-0.15, -0.1) is 0 Å². The topological polar surface area (TPSA) is 90.0 Å². The summed E-state index contributed by atoms with van der Waals surface area (Å²) in [5.41, 5.74) is 3.96. The van der Waals surface area contributed by atoms with Gasteiger partial charge >= 0.3 is 0 Å². The smallest absolute Gasteiger partial charge is 0.245 e. The van der Waals surface area contributed by atoms with E-state index in [0.29, 0.717) is 17.3 Å². The molecule has 4 aliphatic rings. The van der Waals surface area contributed by atoms with Crippen molar-refractivity contribution >= 4 is 23.5 Å². The van der Waals surface area contributed by atoms with Crippen LogP contribution in [-0.2, 0) is 17.6 Å². The highest BCUT2D eigenvalue weighted by Crippen LogP contribution is 2.45. The zero-order chi connectivity index (χ0) is 23.3. The number of likely N-dealkylation sites (tertiary alicyclic amines) is 1. The van der Waals surface area contributed by atoms with Crippen LogP contribution in [0.3, 0.4) is 0 Å². The van der Waals surface area contributed by atoms with Gasteiger partial charge in [0.1, 0.15) is 11.9 Å². The van der Waals surface area contributed by atoms with Crippen molar-refractivity contribution in [2.24, 2.45) is 5.41 Å². The van der Waals surface area contributed by atoms with Gasteiger partial charge in [-0.2, -0.15) is 10.1 Å². The van der Waals surface area contributed by atoms with Crippen LogP contribution in [0.2, 0.25) is 0 Å². The Morgan fingerprint density at radius 1 is 1.09 bits per heavy atom. The van der Waals surface area contributed by atoms with Crippen LogP contribution in [0, 0.1) is 5.41 Å². The maximum atomic E-state index is 13.2. The maximum absolute atomic E-state index is 13.2. The van der Waals surface area contributed by atoms with Gasteiger partial charge in [0, 0.05) is 42.9 Å². The lowest BCUT2D eigenvalue weighted by Gasteiger charge is -2.28. The molecule has 1 saturated carbocycles. The summed E-state index contributed by atoms with van der Waals surface area (Å²) in [5.74, 6) is 3.19. The van der Waals surface area contributed by atoms with E-state index in [1.165, 1.54) is 30.5 Å². The van der Waals surface area contributed by atoms with Crippen LogP contribution in [0.4, 0.5) is 17.6 Å². The molecule has 2 aliphatic heterocycles. The molecule has 1 amide bonds. The Balaban J connectivity index is 1.25. The summed E-state index contributed by atoms with van der Waals surface area (Å²) in [6, 6.07) is 2.03. The molecule has 6 rings (SSSR count). The molecule has 8 nitrogen and oxygen atoms in total. The van der Waals surface area contributed by atoms with Crippen molar-refractivity contribution in [1.82, 2.24) is 25.1 Å². The molecule has 0 bridgehead atoms. The highest BCUT2D eigenvalue weighted by atomic mass is 16.2. The predicted molar refractivity (Wildman–Crippen MR) is 132 cm³/mol. The Morgan fingerprint density at radius 3 is 2.74 bits per heavy atom. The molecule has 4 heterocycles. The van der Waals surface area contributed by atoms with Crippen molar-refractivity contribution < 1.29 is 4.79 Å². The number of amides is 1. The number of nitrogens with zero attached hydrogens (tertiary/aromatic N) is 5. The third-order valence-electron chi connectivity index (χ3n) is 8.39. The second-order valence-electron chi connectivity index (χ2n) is 11.5. The molecule has 8 heteroatoms. The predicted octanol–water partition coefficient (Wildman–Crippen LogP) is 4.32. The molecule has 0 aromatic carbocycles. The SMILES string of the molecule is CC1(C)CC[C@H](c2cc(Nc3nc(N4CCC[C@@H]4C(=O)N4CCCC4)nc4c3CCC4)n[nH]2)C1. The van der Waals surface area contributed by atoms with Crippen LogP contribution in [-0.4, -0.2) is 56.6 Å². The first kappa shape index (κ1) is 21.9. The third kappa shape index (κ3) is 4.05. The summed E-state index contributed by atoms with van der Waals surface area (Å²) >= 11 is 0. The number of H-pyrrole nitrogens is 1. The van der Waals surface area contributed by atoms with E-state index in [4.69, 9.17) is 9.97 Å². The van der Waals surface area contributed by atoms with Gasteiger partial charge in [-0.05, 0) is 69.6 Å². The van der Waals surface area contributed by atoms with E-state index < -0.39 is 0 Å². The van der Waals surface area contributed by atoms with Gasteiger partial charge in [0.05, 0.1) is 5.69 Å².